The molecule has 1 amide bonds. The van der Waals surface area contributed by atoms with Crippen molar-refractivity contribution >= 4 is 17.7 Å². The largest absolute Gasteiger partial charge is 0.416 e. The number of alkyl halides is 3. The zero-order chi connectivity index (χ0) is 25.9. The van der Waals surface area contributed by atoms with Crippen molar-refractivity contribution in [3.8, 4) is 0 Å². The Labute approximate surface area is 215 Å². The first-order valence-corrected chi connectivity index (χ1v) is 13.7. The van der Waals surface area contributed by atoms with Gasteiger partial charge in [0.1, 0.15) is 5.82 Å². The second-order valence-corrected chi connectivity index (χ2v) is 11.3. The number of piperidine rings is 1. The smallest absolute Gasteiger partial charge is 0.355 e. The molecule has 196 valence electrons. The molecule has 0 radical (unpaired) electrons. The minimum absolute atomic E-state index is 0.102. The summed E-state index contributed by atoms with van der Waals surface area (Å²) in [7, 11) is 1.99. The van der Waals surface area contributed by atoms with E-state index in [1.165, 1.54) is 17.7 Å². The van der Waals surface area contributed by atoms with Crippen molar-refractivity contribution in [1.82, 2.24) is 20.1 Å². The number of aromatic nitrogens is 3. The highest BCUT2D eigenvalue weighted by molar-refractivity contribution is 7.99. The Morgan fingerprint density at radius 2 is 2.00 bits per heavy atom. The third-order valence-electron chi connectivity index (χ3n) is 7.92. The first-order chi connectivity index (χ1) is 17.1. The highest BCUT2D eigenvalue weighted by Crippen LogP contribution is 2.64. The molecule has 1 aromatic carbocycles. The first kappa shape index (κ1) is 26.8. The molecule has 1 N–H and O–H groups in total. The third kappa shape index (κ3) is 6.15. The molecule has 36 heavy (non-hydrogen) atoms. The molecule has 3 atom stereocenters. The lowest BCUT2D eigenvalue weighted by Crippen LogP contribution is -2.34. The summed E-state index contributed by atoms with van der Waals surface area (Å²) >= 11 is 1.70. The highest BCUT2D eigenvalue weighted by atomic mass is 32.2. The molecule has 1 aromatic heterocycles. The van der Waals surface area contributed by atoms with Gasteiger partial charge in [0, 0.05) is 31.7 Å². The first-order valence-electron chi connectivity index (χ1n) is 12.8. The Balaban J connectivity index is 1.19. The molecule has 1 unspecified atom stereocenters. The van der Waals surface area contributed by atoms with Crippen molar-refractivity contribution in [2.75, 3.05) is 12.3 Å². The molecule has 2 aliphatic rings. The van der Waals surface area contributed by atoms with Gasteiger partial charge >= 0.3 is 6.18 Å². The van der Waals surface area contributed by atoms with Crippen LogP contribution in [-0.4, -0.2) is 33.0 Å². The van der Waals surface area contributed by atoms with Crippen LogP contribution >= 0.6 is 11.8 Å². The Kier molecular flexibility index (Phi) is 8.17. The van der Waals surface area contributed by atoms with Gasteiger partial charge in [-0.2, -0.15) is 13.2 Å². The fraction of sp³-hybridized carbons (Fsp3) is 0.593. The molecule has 1 aliphatic carbocycles. The summed E-state index contributed by atoms with van der Waals surface area (Å²) in [6.07, 6.45) is 3.07. The maximum Gasteiger partial charge on any atom is 0.416 e. The molecule has 1 saturated heterocycles. The van der Waals surface area contributed by atoms with Crippen LogP contribution in [0.1, 0.15) is 87.1 Å². The quantitative estimate of drug-likeness (QED) is 0.206. The molecule has 0 bridgehead atoms. The highest BCUT2D eigenvalue weighted by Gasteiger charge is 2.52. The fourth-order valence-corrected chi connectivity index (χ4v) is 6.22. The van der Waals surface area contributed by atoms with Gasteiger partial charge in [-0.25, -0.2) is 0 Å². The standard InChI is InChI=1S/C27H35F3N4OS/c1-4-26(16-22(26)19-7-10-21(11-8-19)27(28,29)30)14-13-18(2)6-5-15-36-25-33-32-24(34(25)3)20-9-12-23(35)31-17-20/h7-8,10-11,20,22H,2,4-6,9,12-17H2,1,3H3,(H,31,35)/t20?,22-,26+/m1/s1. The van der Waals surface area contributed by atoms with Crippen molar-refractivity contribution in [3.63, 3.8) is 0 Å². The van der Waals surface area contributed by atoms with E-state index in [0.717, 1.165) is 67.2 Å². The number of benzene rings is 1. The summed E-state index contributed by atoms with van der Waals surface area (Å²) in [5, 5.41) is 12.5. The predicted octanol–water partition coefficient (Wildman–Crippen LogP) is 6.62. The Morgan fingerprint density at radius 1 is 1.25 bits per heavy atom. The number of halogens is 3. The van der Waals surface area contributed by atoms with Crippen LogP contribution in [0, 0.1) is 5.41 Å². The zero-order valence-electron chi connectivity index (χ0n) is 21.0. The minimum Gasteiger partial charge on any atom is -0.355 e. The lowest BCUT2D eigenvalue weighted by Gasteiger charge is -2.21. The number of hydrogen-bond donors (Lipinski definition) is 1. The molecule has 1 saturated carbocycles. The lowest BCUT2D eigenvalue weighted by molar-refractivity contribution is -0.137. The minimum atomic E-state index is -4.29. The average molecular weight is 521 g/mol. The van der Waals surface area contributed by atoms with E-state index in [4.69, 9.17) is 0 Å². The van der Waals surface area contributed by atoms with E-state index in [1.807, 2.05) is 11.6 Å². The normalized spacial score (nSPS) is 24.0. The molecule has 9 heteroatoms. The zero-order valence-corrected chi connectivity index (χ0v) is 21.9. The number of rotatable bonds is 11. The number of allylic oxidation sites excluding steroid dienone is 1. The van der Waals surface area contributed by atoms with Gasteiger partial charge < -0.3 is 9.88 Å². The number of carbonyl (C=O) groups is 1. The molecule has 2 heterocycles. The summed E-state index contributed by atoms with van der Waals surface area (Å²) in [5.74, 6) is 2.52. The molecule has 4 rings (SSSR count). The summed E-state index contributed by atoms with van der Waals surface area (Å²) in [6.45, 7) is 7.09. The monoisotopic (exact) mass is 520 g/mol. The van der Waals surface area contributed by atoms with Crippen LogP contribution in [-0.2, 0) is 18.0 Å². The summed E-state index contributed by atoms with van der Waals surface area (Å²) in [6, 6.07) is 5.72. The van der Waals surface area contributed by atoms with E-state index in [1.54, 1.807) is 23.9 Å². The lowest BCUT2D eigenvalue weighted by atomic mass is 9.89. The molecular formula is C27H35F3N4OS. The van der Waals surface area contributed by atoms with Crippen molar-refractivity contribution in [2.24, 2.45) is 12.5 Å². The maximum atomic E-state index is 12.9. The van der Waals surface area contributed by atoms with Gasteiger partial charge in [-0.3, -0.25) is 4.79 Å². The second-order valence-electron chi connectivity index (χ2n) is 10.2. The van der Waals surface area contributed by atoms with Crippen molar-refractivity contribution in [2.45, 2.75) is 81.5 Å². The van der Waals surface area contributed by atoms with Crippen molar-refractivity contribution < 1.29 is 18.0 Å². The summed E-state index contributed by atoms with van der Waals surface area (Å²) < 4.78 is 40.6. The Bertz CT molecular complexity index is 1070. The van der Waals surface area contributed by atoms with Crippen LogP contribution in [0.2, 0.25) is 0 Å². The molecular weight excluding hydrogens is 485 g/mol. The van der Waals surface area contributed by atoms with Crippen LogP contribution < -0.4 is 5.32 Å². The SMILES string of the molecule is C=C(CCCSc1nnc(C2CCC(=O)NC2)n1C)CC[C@@]1(CC)C[C@@H]1c1ccc(C(F)(F)F)cc1. The fourth-order valence-electron chi connectivity index (χ4n) is 5.36. The van der Waals surface area contributed by atoms with Gasteiger partial charge in [0.2, 0.25) is 5.91 Å². The molecule has 5 nitrogen and oxygen atoms in total. The van der Waals surface area contributed by atoms with Gasteiger partial charge in [-0.1, -0.05) is 43.0 Å². The van der Waals surface area contributed by atoms with Gasteiger partial charge in [0.15, 0.2) is 5.16 Å². The van der Waals surface area contributed by atoms with E-state index in [9.17, 15) is 18.0 Å². The van der Waals surface area contributed by atoms with Gasteiger partial charge in [-0.15, -0.1) is 10.2 Å². The summed E-state index contributed by atoms with van der Waals surface area (Å²) in [4.78, 5) is 11.4. The van der Waals surface area contributed by atoms with Gasteiger partial charge in [0.25, 0.3) is 0 Å². The average Bonchev–Trinajstić information content (AvgIpc) is 3.48. The van der Waals surface area contributed by atoms with Crippen LogP contribution in [0.25, 0.3) is 0 Å². The Morgan fingerprint density at radius 3 is 2.64 bits per heavy atom. The molecule has 2 aromatic rings. The Hall–Kier alpha value is -2.29. The molecule has 1 aliphatic heterocycles. The number of carbonyl (C=O) groups excluding carboxylic acids is 1. The van der Waals surface area contributed by atoms with Crippen LogP contribution in [0.3, 0.4) is 0 Å². The van der Waals surface area contributed by atoms with E-state index in [-0.39, 0.29) is 17.2 Å². The van der Waals surface area contributed by atoms with Crippen LogP contribution in [0.4, 0.5) is 13.2 Å². The van der Waals surface area contributed by atoms with E-state index in [2.05, 4.69) is 29.0 Å². The van der Waals surface area contributed by atoms with Gasteiger partial charge in [-0.05, 0) is 74.0 Å². The van der Waals surface area contributed by atoms with Gasteiger partial charge in [0.05, 0.1) is 5.56 Å². The second kappa shape index (κ2) is 11.0. The van der Waals surface area contributed by atoms with E-state index >= 15 is 0 Å². The number of nitrogens with one attached hydrogen (secondary N) is 1. The predicted molar refractivity (Wildman–Crippen MR) is 136 cm³/mol. The van der Waals surface area contributed by atoms with E-state index in [0.29, 0.717) is 18.9 Å². The number of nitrogens with zero attached hydrogens (tertiary/aromatic N) is 3. The van der Waals surface area contributed by atoms with Crippen LogP contribution in [0.5, 0.6) is 0 Å². The topological polar surface area (TPSA) is 59.8 Å². The molecule has 0 spiro atoms. The number of amides is 1. The van der Waals surface area contributed by atoms with Crippen LogP contribution in [0.15, 0.2) is 41.6 Å². The van der Waals surface area contributed by atoms with Crippen molar-refractivity contribution in [1.29, 1.82) is 0 Å². The maximum absolute atomic E-state index is 12.9. The van der Waals surface area contributed by atoms with E-state index < -0.39 is 11.7 Å². The number of hydrogen-bond acceptors (Lipinski definition) is 4. The summed E-state index contributed by atoms with van der Waals surface area (Å²) in [5.41, 5.74) is 1.86. The third-order valence-corrected chi connectivity index (χ3v) is 9.02. The molecule has 2 fully saturated rings. The number of thioether (sulfide) groups is 1. The van der Waals surface area contributed by atoms with Crippen molar-refractivity contribution in [3.05, 3.63) is 53.4 Å².